The summed E-state index contributed by atoms with van der Waals surface area (Å²) in [4.78, 5) is 50.6. The topological polar surface area (TPSA) is 138 Å². The van der Waals surface area contributed by atoms with Gasteiger partial charge in [0.15, 0.2) is 22.8 Å². The maximum atomic E-state index is 14.0. The number of halogens is 2. The largest absolute Gasteiger partial charge is 0.443 e. The molecule has 3 aromatic heterocycles. The summed E-state index contributed by atoms with van der Waals surface area (Å²) < 4.78 is 45.6. The van der Waals surface area contributed by atoms with Crippen molar-refractivity contribution < 1.29 is 32.6 Å². The summed E-state index contributed by atoms with van der Waals surface area (Å²) in [6.07, 6.45) is 1.93. The third-order valence-corrected chi connectivity index (χ3v) is 5.78. The van der Waals surface area contributed by atoms with Crippen LogP contribution in [0.5, 0.6) is 0 Å². The highest BCUT2D eigenvalue weighted by atomic mass is 19.3. The average Bonchev–Trinajstić information content (AvgIpc) is 3.23. The summed E-state index contributed by atoms with van der Waals surface area (Å²) in [5.41, 5.74) is -0.927. The van der Waals surface area contributed by atoms with E-state index in [0.717, 1.165) is 6.92 Å². The molecule has 0 spiro atoms. The number of imidazole rings is 1. The third-order valence-electron chi connectivity index (χ3n) is 5.78. The van der Waals surface area contributed by atoms with E-state index in [9.17, 15) is 18.4 Å². The molecule has 228 valence electrons. The molecule has 1 fully saturated rings. The summed E-state index contributed by atoms with van der Waals surface area (Å²) in [6, 6.07) is -0.0580. The number of amides is 2. The van der Waals surface area contributed by atoms with E-state index in [2.05, 4.69) is 19.9 Å². The summed E-state index contributed by atoms with van der Waals surface area (Å²) in [7, 11) is 0. The molecule has 0 saturated carbocycles. The van der Waals surface area contributed by atoms with Gasteiger partial charge in [-0.1, -0.05) is 0 Å². The molecular formula is C27H36F2N8O5. The second-order valence-electron chi connectivity index (χ2n) is 12.2. The molecule has 1 saturated heterocycles. The van der Waals surface area contributed by atoms with E-state index in [0.29, 0.717) is 41.6 Å². The number of hydrogen-bond donors (Lipinski definition) is 0. The first-order valence-electron chi connectivity index (χ1n) is 13.5. The van der Waals surface area contributed by atoms with Crippen molar-refractivity contribution in [2.75, 3.05) is 29.6 Å². The van der Waals surface area contributed by atoms with Crippen LogP contribution in [0.2, 0.25) is 0 Å². The zero-order valence-electron chi connectivity index (χ0n) is 25.0. The zero-order chi connectivity index (χ0) is 31.0. The fraction of sp³-hybridized carbons (Fsp3) is 0.593. The highest BCUT2D eigenvalue weighted by molar-refractivity contribution is 6.08. The Bertz CT molecular complexity index is 1420. The van der Waals surface area contributed by atoms with Crippen molar-refractivity contribution in [3.8, 4) is 11.4 Å². The van der Waals surface area contributed by atoms with Gasteiger partial charge in [0, 0.05) is 25.9 Å². The van der Waals surface area contributed by atoms with Crippen LogP contribution in [0.3, 0.4) is 0 Å². The fourth-order valence-electron chi connectivity index (χ4n) is 4.12. The van der Waals surface area contributed by atoms with Crippen LogP contribution in [0.1, 0.15) is 55.4 Å². The molecule has 4 rings (SSSR count). The molecule has 4 heterocycles. The lowest BCUT2D eigenvalue weighted by Gasteiger charge is -2.34. The molecule has 0 aliphatic carbocycles. The quantitative estimate of drug-likeness (QED) is 0.403. The molecule has 15 heteroatoms. The van der Waals surface area contributed by atoms with E-state index in [-0.39, 0.29) is 23.5 Å². The molecule has 0 radical (unpaired) electrons. The number of fused-ring (bicyclic) bond motifs is 1. The SMILES string of the molecule is C[C@H]1COCCN1c1nc(-c2cnc(N(C(=O)OC(C)(C)C)C(=O)OC(C)(C)C)nc2)nc2c1ncn2CC(C)(F)F. The molecule has 2 amide bonds. The minimum absolute atomic E-state index is 0.0580. The van der Waals surface area contributed by atoms with Crippen LogP contribution in [0.25, 0.3) is 22.6 Å². The van der Waals surface area contributed by atoms with Crippen LogP contribution in [-0.2, 0) is 20.8 Å². The number of hydrogen-bond acceptors (Lipinski definition) is 11. The van der Waals surface area contributed by atoms with E-state index in [1.165, 1.54) is 23.3 Å². The predicted molar refractivity (Wildman–Crippen MR) is 150 cm³/mol. The van der Waals surface area contributed by atoms with Crippen LogP contribution in [0, 0.1) is 0 Å². The Morgan fingerprint density at radius 2 is 1.60 bits per heavy atom. The molecule has 1 aliphatic heterocycles. The number of morpholine rings is 1. The van der Waals surface area contributed by atoms with E-state index >= 15 is 0 Å². The van der Waals surface area contributed by atoms with Gasteiger partial charge in [0.2, 0.25) is 5.95 Å². The van der Waals surface area contributed by atoms with Crippen molar-refractivity contribution in [1.29, 1.82) is 0 Å². The molecule has 0 bridgehead atoms. The number of imide groups is 1. The van der Waals surface area contributed by atoms with Gasteiger partial charge in [-0.05, 0) is 48.5 Å². The number of nitrogens with zero attached hydrogens (tertiary/aromatic N) is 8. The van der Waals surface area contributed by atoms with E-state index in [1.807, 2.05) is 11.8 Å². The number of aromatic nitrogens is 6. The van der Waals surface area contributed by atoms with Crippen molar-refractivity contribution in [3.63, 3.8) is 0 Å². The number of anilines is 2. The fourth-order valence-corrected chi connectivity index (χ4v) is 4.12. The lowest BCUT2D eigenvalue weighted by molar-refractivity contribution is 0.00476. The number of carbonyl (C=O) groups excluding carboxylic acids is 2. The van der Waals surface area contributed by atoms with Crippen molar-refractivity contribution in [3.05, 3.63) is 18.7 Å². The Labute approximate surface area is 242 Å². The Kier molecular flexibility index (Phi) is 8.36. The first-order chi connectivity index (χ1) is 19.4. The molecule has 0 aromatic carbocycles. The van der Waals surface area contributed by atoms with Gasteiger partial charge in [-0.3, -0.25) is 0 Å². The lowest BCUT2D eigenvalue weighted by Crippen LogP contribution is -2.44. The number of rotatable bonds is 5. The average molecular weight is 591 g/mol. The molecular weight excluding hydrogens is 554 g/mol. The van der Waals surface area contributed by atoms with Gasteiger partial charge in [0.25, 0.3) is 5.92 Å². The molecule has 42 heavy (non-hydrogen) atoms. The van der Waals surface area contributed by atoms with E-state index in [4.69, 9.17) is 19.2 Å². The zero-order valence-corrected chi connectivity index (χ0v) is 25.0. The molecule has 13 nitrogen and oxygen atoms in total. The van der Waals surface area contributed by atoms with Crippen LogP contribution < -0.4 is 9.80 Å². The van der Waals surface area contributed by atoms with Crippen molar-refractivity contribution in [2.45, 2.75) is 85.1 Å². The molecule has 1 atom stereocenters. The van der Waals surface area contributed by atoms with Crippen LogP contribution in [0.4, 0.5) is 30.1 Å². The summed E-state index contributed by atoms with van der Waals surface area (Å²) in [5.74, 6) is -2.70. The maximum Gasteiger partial charge on any atom is 0.427 e. The molecule has 3 aromatic rings. The summed E-state index contributed by atoms with van der Waals surface area (Å²) in [6.45, 7) is 13.5. The molecule has 0 N–H and O–H groups in total. The first-order valence-corrected chi connectivity index (χ1v) is 13.5. The number of ether oxygens (including phenoxy) is 3. The second-order valence-corrected chi connectivity index (χ2v) is 12.2. The van der Waals surface area contributed by atoms with E-state index in [1.54, 1.807) is 41.5 Å². The van der Waals surface area contributed by atoms with Gasteiger partial charge < -0.3 is 23.7 Å². The summed E-state index contributed by atoms with van der Waals surface area (Å²) >= 11 is 0. The predicted octanol–water partition coefficient (Wildman–Crippen LogP) is 4.84. The second kappa shape index (κ2) is 11.3. The van der Waals surface area contributed by atoms with Crippen molar-refractivity contribution in [2.24, 2.45) is 0 Å². The van der Waals surface area contributed by atoms with Crippen LogP contribution in [-0.4, -0.2) is 84.6 Å². The Morgan fingerprint density at radius 3 is 2.12 bits per heavy atom. The van der Waals surface area contributed by atoms with Crippen LogP contribution in [0.15, 0.2) is 18.7 Å². The Balaban J connectivity index is 1.78. The smallest absolute Gasteiger partial charge is 0.427 e. The normalized spacial score (nSPS) is 16.4. The van der Waals surface area contributed by atoms with Gasteiger partial charge in [-0.25, -0.2) is 43.3 Å². The standard InChI is InChI=1S/C27H36F2N8O5/c1-16-13-40-10-9-36(16)21-18-20(35(15-32-18)14-27(8,28)29)33-19(34-21)17-11-30-22(31-12-17)37(23(38)41-25(2,3)4)24(39)42-26(5,6)7/h11-12,15-16H,9-10,13-14H2,1-8H3/t16-/m0/s1. The van der Waals surface area contributed by atoms with Crippen molar-refractivity contribution >= 4 is 35.1 Å². The lowest BCUT2D eigenvalue weighted by atomic mass is 10.2. The highest BCUT2D eigenvalue weighted by Crippen LogP contribution is 2.30. The Morgan fingerprint density at radius 1 is 1.00 bits per heavy atom. The highest BCUT2D eigenvalue weighted by Gasteiger charge is 2.35. The van der Waals surface area contributed by atoms with Gasteiger partial charge >= 0.3 is 12.2 Å². The third kappa shape index (κ3) is 7.43. The maximum absolute atomic E-state index is 14.0. The number of alkyl halides is 2. The minimum Gasteiger partial charge on any atom is -0.443 e. The number of carbonyl (C=O) groups is 2. The van der Waals surface area contributed by atoms with Gasteiger partial charge in [0.05, 0.1) is 37.7 Å². The monoisotopic (exact) mass is 590 g/mol. The van der Waals surface area contributed by atoms with Gasteiger partial charge in [0.1, 0.15) is 11.2 Å². The minimum atomic E-state index is -3.01. The van der Waals surface area contributed by atoms with Gasteiger partial charge in [-0.2, -0.15) is 0 Å². The summed E-state index contributed by atoms with van der Waals surface area (Å²) in [5, 5.41) is 0. The molecule has 1 aliphatic rings. The van der Waals surface area contributed by atoms with Crippen molar-refractivity contribution in [1.82, 2.24) is 29.5 Å². The van der Waals surface area contributed by atoms with E-state index < -0.39 is 35.9 Å². The van der Waals surface area contributed by atoms with Crippen LogP contribution >= 0.6 is 0 Å². The Hall–Kier alpha value is -4.01. The van der Waals surface area contributed by atoms with Gasteiger partial charge in [-0.15, -0.1) is 4.90 Å². The first kappa shape index (κ1) is 30.9. The molecule has 0 unspecified atom stereocenters.